The van der Waals surface area contributed by atoms with Crippen molar-refractivity contribution in [2.24, 2.45) is 11.8 Å². The van der Waals surface area contributed by atoms with Gasteiger partial charge >= 0.3 is 5.97 Å². The van der Waals surface area contributed by atoms with Gasteiger partial charge < -0.3 is 9.84 Å². The van der Waals surface area contributed by atoms with Crippen molar-refractivity contribution in [3.63, 3.8) is 0 Å². The van der Waals surface area contributed by atoms with Gasteiger partial charge in [0, 0.05) is 0 Å². The first-order valence-corrected chi connectivity index (χ1v) is 12.4. The van der Waals surface area contributed by atoms with Crippen molar-refractivity contribution in [1.82, 2.24) is 0 Å². The summed E-state index contributed by atoms with van der Waals surface area (Å²) in [7, 11) is 0. The van der Waals surface area contributed by atoms with E-state index >= 15 is 0 Å². The predicted molar refractivity (Wildman–Crippen MR) is 121 cm³/mol. The van der Waals surface area contributed by atoms with E-state index in [-0.39, 0.29) is 5.75 Å². The molecule has 0 amide bonds. The molecule has 3 nitrogen and oxygen atoms in total. The number of halogens is 2. The van der Waals surface area contributed by atoms with Crippen LogP contribution in [0.4, 0.5) is 8.78 Å². The molecule has 0 unspecified atom stereocenters. The monoisotopic (exact) mass is 438 g/mol. The number of unbranched alkanes of at least 4 members (excludes halogenated alkanes) is 7. The molecule has 0 atom stereocenters. The number of hydrogen-bond donors (Lipinski definition) is 1. The van der Waals surface area contributed by atoms with Crippen molar-refractivity contribution in [2.75, 3.05) is 6.61 Å². The summed E-state index contributed by atoms with van der Waals surface area (Å²) in [6, 6.07) is 2.22. The lowest BCUT2D eigenvalue weighted by molar-refractivity contribution is 0.0690. The smallest absolute Gasteiger partial charge is 0.338 e. The van der Waals surface area contributed by atoms with Crippen molar-refractivity contribution < 1.29 is 23.4 Å². The van der Waals surface area contributed by atoms with Crippen LogP contribution in [-0.2, 0) is 0 Å². The first-order valence-electron chi connectivity index (χ1n) is 12.4. The van der Waals surface area contributed by atoms with Crippen LogP contribution in [0, 0.1) is 23.5 Å². The van der Waals surface area contributed by atoms with Crippen molar-refractivity contribution in [3.8, 4) is 5.75 Å². The first kappa shape index (κ1) is 25.6. The highest BCUT2D eigenvalue weighted by Crippen LogP contribution is 2.34. The Morgan fingerprint density at radius 1 is 0.871 bits per heavy atom. The Labute approximate surface area is 186 Å². The Morgan fingerprint density at radius 3 is 2.00 bits per heavy atom. The summed E-state index contributed by atoms with van der Waals surface area (Å²) in [5.41, 5.74) is -0.676. The fraction of sp³-hybridized carbons (Fsp3) is 0.731. The van der Waals surface area contributed by atoms with E-state index in [1.54, 1.807) is 0 Å². The summed E-state index contributed by atoms with van der Waals surface area (Å²) in [6.45, 7) is 2.59. The first-order chi connectivity index (χ1) is 15.0. The van der Waals surface area contributed by atoms with Gasteiger partial charge in [-0.05, 0) is 30.4 Å². The molecule has 1 N–H and O–H groups in total. The van der Waals surface area contributed by atoms with Crippen LogP contribution in [0.1, 0.15) is 114 Å². The standard InChI is InChI=1S/C26H40F2O3/c1-2-3-8-11-20-13-15-21(16-14-20)12-9-6-4-5-7-10-19-31-23-18-17-22(26(29)30)24(27)25(23)28/h17-18,20-21H,2-16,19H2,1H3,(H,29,30). The number of benzene rings is 1. The summed E-state index contributed by atoms with van der Waals surface area (Å²) < 4.78 is 32.8. The zero-order chi connectivity index (χ0) is 22.5. The molecular weight excluding hydrogens is 398 g/mol. The molecule has 5 heteroatoms. The third kappa shape index (κ3) is 9.16. The summed E-state index contributed by atoms with van der Waals surface area (Å²) in [4.78, 5) is 10.8. The second-order valence-corrected chi connectivity index (χ2v) is 9.19. The highest BCUT2D eigenvalue weighted by Gasteiger charge is 2.20. The van der Waals surface area contributed by atoms with Crippen LogP contribution in [0.3, 0.4) is 0 Å². The number of hydrogen-bond acceptors (Lipinski definition) is 2. The van der Waals surface area contributed by atoms with Crippen LogP contribution < -0.4 is 4.74 Å². The van der Waals surface area contributed by atoms with E-state index in [0.717, 1.165) is 37.2 Å². The van der Waals surface area contributed by atoms with Crippen molar-refractivity contribution >= 4 is 5.97 Å². The van der Waals surface area contributed by atoms with Crippen LogP contribution in [-0.4, -0.2) is 17.7 Å². The average Bonchev–Trinajstić information content (AvgIpc) is 2.76. The Kier molecular flexibility index (Phi) is 11.9. The maximum atomic E-state index is 13.8. The van der Waals surface area contributed by atoms with E-state index in [1.807, 2.05) is 0 Å². The van der Waals surface area contributed by atoms with Crippen molar-refractivity contribution in [2.45, 2.75) is 103 Å². The van der Waals surface area contributed by atoms with Crippen molar-refractivity contribution in [1.29, 1.82) is 0 Å². The zero-order valence-corrected chi connectivity index (χ0v) is 19.1. The molecule has 1 aliphatic rings. The Hall–Kier alpha value is -1.65. The molecule has 0 saturated heterocycles. The SMILES string of the molecule is CCCCCC1CCC(CCCCCCCCOc2ccc(C(=O)O)c(F)c2F)CC1. The molecule has 0 bridgehead atoms. The van der Waals surface area contributed by atoms with Crippen LogP contribution in [0.2, 0.25) is 0 Å². The Balaban J connectivity index is 1.46. The molecule has 1 fully saturated rings. The average molecular weight is 439 g/mol. The lowest BCUT2D eigenvalue weighted by atomic mass is 9.78. The minimum absolute atomic E-state index is 0.220. The highest BCUT2D eigenvalue weighted by atomic mass is 19.2. The van der Waals surface area contributed by atoms with Crippen molar-refractivity contribution in [3.05, 3.63) is 29.3 Å². The van der Waals surface area contributed by atoms with Gasteiger partial charge in [0.25, 0.3) is 0 Å². The van der Waals surface area contributed by atoms with Crippen LogP contribution in [0.15, 0.2) is 12.1 Å². The lowest BCUT2D eigenvalue weighted by Crippen LogP contribution is -2.14. The second kappa shape index (κ2) is 14.4. The van der Waals surface area contributed by atoms with Gasteiger partial charge in [-0.2, -0.15) is 4.39 Å². The highest BCUT2D eigenvalue weighted by molar-refractivity contribution is 5.88. The van der Waals surface area contributed by atoms with E-state index in [9.17, 15) is 13.6 Å². The van der Waals surface area contributed by atoms with Gasteiger partial charge in [0.05, 0.1) is 12.2 Å². The maximum Gasteiger partial charge on any atom is 0.338 e. The maximum absolute atomic E-state index is 13.8. The molecule has 1 aromatic rings. The Bertz CT molecular complexity index is 654. The number of aromatic carboxylic acids is 1. The summed E-state index contributed by atoms with van der Waals surface area (Å²) >= 11 is 0. The van der Waals surface area contributed by atoms with E-state index < -0.39 is 23.2 Å². The van der Waals surface area contributed by atoms with Gasteiger partial charge in [-0.3, -0.25) is 0 Å². The third-order valence-electron chi connectivity index (χ3n) is 6.72. The molecule has 31 heavy (non-hydrogen) atoms. The van der Waals surface area contributed by atoms with E-state index in [4.69, 9.17) is 9.84 Å². The molecule has 1 saturated carbocycles. The van der Waals surface area contributed by atoms with Crippen LogP contribution in [0.25, 0.3) is 0 Å². The molecule has 0 heterocycles. The van der Waals surface area contributed by atoms with Crippen LogP contribution in [0.5, 0.6) is 5.75 Å². The number of carboxylic acids is 1. The largest absolute Gasteiger partial charge is 0.490 e. The fourth-order valence-electron chi connectivity index (χ4n) is 4.72. The molecule has 0 aromatic heterocycles. The minimum atomic E-state index is -1.49. The van der Waals surface area contributed by atoms with Gasteiger partial charge in [-0.15, -0.1) is 0 Å². The number of rotatable bonds is 15. The minimum Gasteiger partial charge on any atom is -0.490 e. The van der Waals surface area contributed by atoms with Crippen LogP contribution >= 0.6 is 0 Å². The molecule has 2 rings (SSSR count). The second-order valence-electron chi connectivity index (χ2n) is 9.19. The zero-order valence-electron chi connectivity index (χ0n) is 19.1. The number of carbonyl (C=O) groups is 1. The van der Waals surface area contributed by atoms with Gasteiger partial charge in [-0.25, -0.2) is 9.18 Å². The molecule has 176 valence electrons. The normalized spacial score (nSPS) is 18.8. The molecular formula is C26H40F2O3. The summed E-state index contributed by atoms with van der Waals surface area (Å²) in [5.74, 6) is -2.37. The topological polar surface area (TPSA) is 46.5 Å². The van der Waals surface area contributed by atoms with Gasteiger partial charge in [-0.1, -0.05) is 96.8 Å². The Morgan fingerprint density at radius 2 is 1.42 bits per heavy atom. The molecule has 0 aliphatic heterocycles. The molecule has 1 aromatic carbocycles. The molecule has 0 spiro atoms. The molecule has 0 radical (unpaired) electrons. The van der Waals surface area contributed by atoms with Gasteiger partial charge in [0.1, 0.15) is 0 Å². The quantitative estimate of drug-likeness (QED) is 0.281. The lowest BCUT2D eigenvalue weighted by Gasteiger charge is -2.28. The predicted octanol–water partition coefficient (Wildman–Crippen LogP) is 8.16. The fourth-order valence-corrected chi connectivity index (χ4v) is 4.72. The third-order valence-corrected chi connectivity index (χ3v) is 6.72. The van der Waals surface area contributed by atoms with Gasteiger partial charge in [0.2, 0.25) is 5.82 Å². The van der Waals surface area contributed by atoms with E-state index in [2.05, 4.69) is 6.92 Å². The summed E-state index contributed by atoms with van der Waals surface area (Å²) in [5, 5.41) is 8.79. The number of carboxylic acid groups (broad SMARTS) is 1. The van der Waals surface area contributed by atoms with Gasteiger partial charge in [0.15, 0.2) is 11.6 Å². The van der Waals surface area contributed by atoms with E-state index in [0.29, 0.717) is 6.61 Å². The molecule has 1 aliphatic carbocycles. The summed E-state index contributed by atoms with van der Waals surface area (Å²) in [6.07, 6.45) is 19.4. The number of ether oxygens (including phenoxy) is 1. The van der Waals surface area contributed by atoms with E-state index in [1.165, 1.54) is 83.1 Å².